The van der Waals surface area contributed by atoms with Crippen LogP contribution in [0.1, 0.15) is 19.3 Å². The molecule has 2 amide bonds. The third kappa shape index (κ3) is 6.08. The molecule has 0 bridgehead atoms. The summed E-state index contributed by atoms with van der Waals surface area (Å²) in [7, 11) is 4.59. The van der Waals surface area contributed by atoms with Gasteiger partial charge in [-0.15, -0.1) is 11.3 Å². The second-order valence-corrected chi connectivity index (χ2v) is 8.07. The highest BCUT2D eigenvalue weighted by molar-refractivity contribution is 7.13. The van der Waals surface area contributed by atoms with Gasteiger partial charge in [-0.2, -0.15) is 0 Å². The summed E-state index contributed by atoms with van der Waals surface area (Å²) in [5, 5.41) is 8.19. The maximum absolute atomic E-state index is 12.5. The van der Waals surface area contributed by atoms with Crippen molar-refractivity contribution >= 4 is 34.0 Å². The van der Waals surface area contributed by atoms with E-state index in [2.05, 4.69) is 20.5 Å². The van der Waals surface area contributed by atoms with E-state index in [9.17, 15) is 9.59 Å². The van der Waals surface area contributed by atoms with Crippen LogP contribution >= 0.6 is 11.3 Å². The van der Waals surface area contributed by atoms with E-state index >= 15 is 0 Å². The highest BCUT2D eigenvalue weighted by atomic mass is 32.1. The van der Waals surface area contributed by atoms with Crippen LogP contribution in [0.2, 0.25) is 0 Å². The van der Waals surface area contributed by atoms with E-state index in [1.807, 2.05) is 5.38 Å². The maximum Gasteiger partial charge on any atom is 0.230 e. The van der Waals surface area contributed by atoms with Crippen molar-refractivity contribution < 1.29 is 23.8 Å². The maximum atomic E-state index is 12.5. The van der Waals surface area contributed by atoms with Gasteiger partial charge in [-0.3, -0.25) is 9.59 Å². The Morgan fingerprint density at radius 1 is 1.16 bits per heavy atom. The van der Waals surface area contributed by atoms with Crippen LogP contribution in [-0.4, -0.2) is 62.7 Å². The topological polar surface area (TPSA) is 102 Å². The first kappa shape index (κ1) is 22.8. The molecule has 3 rings (SSSR count). The normalized spacial score (nSPS) is 16.4. The Morgan fingerprint density at radius 2 is 1.90 bits per heavy atom. The molecule has 1 saturated heterocycles. The standard InChI is InChI=1S/C21H28N4O5S/c1-28-16-11-15(12-17(29-2)19(16)30-3)23-18(26)6-9-25-8-4-5-14(13-25)20(27)24-21-22-7-10-31-21/h7,10-12,14H,4-6,8-9,13H2,1-3H3,(H,23,26)(H,22,24,27). The third-order valence-electron chi connectivity index (χ3n) is 5.14. The fourth-order valence-corrected chi connectivity index (χ4v) is 4.13. The van der Waals surface area contributed by atoms with Crippen LogP contribution in [0.4, 0.5) is 10.8 Å². The number of amides is 2. The largest absolute Gasteiger partial charge is 0.493 e. The molecule has 1 aromatic heterocycles. The Labute approximate surface area is 185 Å². The molecule has 1 aliphatic heterocycles. The number of nitrogens with zero attached hydrogens (tertiary/aromatic N) is 2. The lowest BCUT2D eigenvalue weighted by Gasteiger charge is -2.31. The highest BCUT2D eigenvalue weighted by Gasteiger charge is 2.26. The lowest BCUT2D eigenvalue weighted by atomic mass is 9.97. The van der Waals surface area contributed by atoms with Crippen molar-refractivity contribution in [2.75, 3.05) is 51.6 Å². The molecule has 2 heterocycles. The van der Waals surface area contributed by atoms with E-state index in [0.29, 0.717) is 47.6 Å². The fraction of sp³-hybridized carbons (Fsp3) is 0.476. The Kier molecular flexibility index (Phi) is 8.07. The van der Waals surface area contributed by atoms with Gasteiger partial charge >= 0.3 is 0 Å². The number of hydrogen-bond donors (Lipinski definition) is 2. The molecule has 0 saturated carbocycles. The van der Waals surface area contributed by atoms with Gasteiger partial charge in [0.05, 0.1) is 27.2 Å². The molecule has 9 nitrogen and oxygen atoms in total. The predicted molar refractivity (Wildman–Crippen MR) is 119 cm³/mol. The Hall–Kier alpha value is -2.85. The number of carbonyl (C=O) groups excluding carboxylic acids is 2. The number of aromatic nitrogens is 1. The summed E-state index contributed by atoms with van der Waals surface area (Å²) in [6.45, 7) is 2.09. The van der Waals surface area contributed by atoms with Crippen LogP contribution in [-0.2, 0) is 9.59 Å². The van der Waals surface area contributed by atoms with E-state index < -0.39 is 0 Å². The minimum atomic E-state index is -0.122. The number of ether oxygens (including phenoxy) is 3. The number of likely N-dealkylation sites (tertiary alicyclic amines) is 1. The number of nitrogens with one attached hydrogen (secondary N) is 2. The van der Waals surface area contributed by atoms with Crippen LogP contribution in [0.25, 0.3) is 0 Å². The van der Waals surface area contributed by atoms with Crippen molar-refractivity contribution in [3.8, 4) is 17.2 Å². The zero-order valence-electron chi connectivity index (χ0n) is 18.0. The minimum Gasteiger partial charge on any atom is -0.493 e. The SMILES string of the molecule is COc1cc(NC(=O)CCN2CCCC(C(=O)Nc3nccs3)C2)cc(OC)c1OC. The van der Waals surface area contributed by atoms with Gasteiger partial charge in [0.1, 0.15) is 0 Å². The molecule has 1 unspecified atom stereocenters. The zero-order chi connectivity index (χ0) is 22.2. The van der Waals surface area contributed by atoms with E-state index in [0.717, 1.165) is 19.4 Å². The molecule has 2 N–H and O–H groups in total. The van der Waals surface area contributed by atoms with Gasteiger partial charge in [0.15, 0.2) is 16.6 Å². The predicted octanol–water partition coefficient (Wildman–Crippen LogP) is 2.85. The average molecular weight is 449 g/mol. The number of hydrogen-bond acceptors (Lipinski definition) is 8. The number of benzene rings is 1. The molecule has 0 radical (unpaired) electrons. The van der Waals surface area contributed by atoms with Crippen molar-refractivity contribution in [3.05, 3.63) is 23.7 Å². The number of thiazole rings is 1. The molecule has 2 aromatic rings. The highest BCUT2D eigenvalue weighted by Crippen LogP contribution is 2.39. The first-order valence-corrected chi connectivity index (χ1v) is 10.9. The summed E-state index contributed by atoms with van der Waals surface area (Å²) in [6, 6.07) is 3.39. The summed E-state index contributed by atoms with van der Waals surface area (Å²) in [5.74, 6) is 1.18. The quantitative estimate of drug-likeness (QED) is 0.608. The Balaban J connectivity index is 1.51. The summed E-state index contributed by atoms with van der Waals surface area (Å²) < 4.78 is 15.9. The number of carbonyl (C=O) groups is 2. The van der Waals surface area contributed by atoms with Crippen LogP contribution < -0.4 is 24.8 Å². The van der Waals surface area contributed by atoms with Gasteiger partial charge in [0.25, 0.3) is 0 Å². The van der Waals surface area contributed by atoms with Crippen LogP contribution in [0.5, 0.6) is 17.2 Å². The van der Waals surface area contributed by atoms with Crippen molar-refractivity contribution in [3.63, 3.8) is 0 Å². The van der Waals surface area contributed by atoms with E-state index in [-0.39, 0.29) is 17.7 Å². The van der Waals surface area contributed by atoms with Gasteiger partial charge in [0, 0.05) is 48.9 Å². The lowest BCUT2D eigenvalue weighted by molar-refractivity contribution is -0.121. The molecule has 31 heavy (non-hydrogen) atoms. The molecular weight excluding hydrogens is 420 g/mol. The zero-order valence-corrected chi connectivity index (χ0v) is 18.8. The Bertz CT molecular complexity index is 865. The second-order valence-electron chi connectivity index (χ2n) is 7.18. The molecule has 10 heteroatoms. The van der Waals surface area contributed by atoms with Crippen molar-refractivity contribution in [1.29, 1.82) is 0 Å². The number of methoxy groups -OCH3 is 3. The van der Waals surface area contributed by atoms with Crippen molar-refractivity contribution in [2.45, 2.75) is 19.3 Å². The molecule has 1 atom stereocenters. The molecule has 0 aliphatic carbocycles. The molecule has 1 fully saturated rings. The summed E-state index contributed by atoms with van der Waals surface area (Å²) in [6.07, 6.45) is 3.74. The molecule has 1 aromatic carbocycles. The van der Waals surface area contributed by atoms with Crippen molar-refractivity contribution in [2.24, 2.45) is 5.92 Å². The number of piperidine rings is 1. The second kappa shape index (κ2) is 11.0. The third-order valence-corrected chi connectivity index (χ3v) is 5.83. The van der Waals surface area contributed by atoms with Gasteiger partial charge in [0.2, 0.25) is 17.6 Å². The Morgan fingerprint density at radius 3 is 2.52 bits per heavy atom. The smallest absolute Gasteiger partial charge is 0.230 e. The number of rotatable bonds is 9. The van der Waals surface area contributed by atoms with Crippen LogP contribution in [0.3, 0.4) is 0 Å². The van der Waals surface area contributed by atoms with E-state index in [1.165, 1.54) is 32.7 Å². The van der Waals surface area contributed by atoms with Gasteiger partial charge < -0.3 is 29.7 Å². The monoisotopic (exact) mass is 448 g/mol. The summed E-state index contributed by atoms with van der Waals surface area (Å²) >= 11 is 1.40. The van der Waals surface area contributed by atoms with Crippen LogP contribution in [0, 0.1) is 5.92 Å². The summed E-state index contributed by atoms with van der Waals surface area (Å²) in [5.41, 5.74) is 0.568. The average Bonchev–Trinajstić information content (AvgIpc) is 3.30. The first-order chi connectivity index (χ1) is 15.0. The van der Waals surface area contributed by atoms with E-state index in [1.54, 1.807) is 18.3 Å². The first-order valence-electron chi connectivity index (χ1n) is 10.1. The van der Waals surface area contributed by atoms with Crippen LogP contribution in [0.15, 0.2) is 23.7 Å². The van der Waals surface area contributed by atoms with Gasteiger partial charge in [-0.25, -0.2) is 4.98 Å². The van der Waals surface area contributed by atoms with Gasteiger partial charge in [-0.1, -0.05) is 0 Å². The minimum absolute atomic E-state index is 0.0125. The fourth-order valence-electron chi connectivity index (χ4n) is 3.60. The van der Waals surface area contributed by atoms with Crippen molar-refractivity contribution in [1.82, 2.24) is 9.88 Å². The molecule has 1 aliphatic rings. The summed E-state index contributed by atoms with van der Waals surface area (Å²) in [4.78, 5) is 31.2. The lowest BCUT2D eigenvalue weighted by Crippen LogP contribution is -2.41. The molecular formula is C21H28N4O5S. The number of anilines is 2. The molecule has 168 valence electrons. The van der Waals surface area contributed by atoms with Gasteiger partial charge in [-0.05, 0) is 19.4 Å². The van der Waals surface area contributed by atoms with E-state index in [4.69, 9.17) is 14.2 Å². The molecule has 0 spiro atoms.